The molecule has 202 valence electrons. The van der Waals surface area contributed by atoms with Gasteiger partial charge < -0.3 is 20.6 Å². The average Bonchev–Trinajstić information content (AvgIpc) is 3.50. The van der Waals surface area contributed by atoms with Gasteiger partial charge in [0.2, 0.25) is 17.7 Å². The van der Waals surface area contributed by atoms with E-state index in [1.165, 1.54) is 0 Å². The van der Waals surface area contributed by atoms with Crippen molar-refractivity contribution < 1.29 is 19.5 Å². The molecule has 8 heteroatoms. The molecule has 6 atom stereocenters. The summed E-state index contributed by atoms with van der Waals surface area (Å²) in [7, 11) is 0. The minimum Gasteiger partial charge on any atom is -0.394 e. The quantitative estimate of drug-likeness (QED) is 0.405. The molecule has 3 saturated heterocycles. The predicted octanol–water partition coefficient (Wildman–Crippen LogP) is 3.43. The van der Waals surface area contributed by atoms with Gasteiger partial charge in [-0.15, -0.1) is 11.8 Å². The summed E-state index contributed by atoms with van der Waals surface area (Å²) in [5, 5.41) is 16.7. The van der Waals surface area contributed by atoms with Crippen LogP contribution in [0, 0.1) is 11.8 Å². The molecule has 3 fully saturated rings. The second-order valence-corrected chi connectivity index (χ2v) is 12.8. The Labute approximate surface area is 228 Å². The van der Waals surface area contributed by atoms with Crippen LogP contribution in [0.25, 0.3) is 0 Å². The summed E-state index contributed by atoms with van der Waals surface area (Å²) in [6.45, 7) is 4.76. The average molecular weight is 536 g/mol. The fraction of sp³-hybridized carbons (Fsp3) is 0.500. The van der Waals surface area contributed by atoms with Crippen molar-refractivity contribution in [1.82, 2.24) is 15.5 Å². The van der Waals surface area contributed by atoms with E-state index in [4.69, 9.17) is 0 Å². The highest BCUT2D eigenvalue weighted by Crippen LogP contribution is 2.71. The van der Waals surface area contributed by atoms with Crippen LogP contribution >= 0.6 is 11.8 Å². The van der Waals surface area contributed by atoms with E-state index in [1.807, 2.05) is 60.7 Å². The van der Waals surface area contributed by atoms with Gasteiger partial charge in [0, 0.05) is 17.8 Å². The predicted molar refractivity (Wildman–Crippen MR) is 148 cm³/mol. The normalized spacial score (nSPS) is 30.2. The Morgan fingerprint density at radius 1 is 1.05 bits per heavy atom. The highest BCUT2D eigenvalue weighted by molar-refractivity contribution is 8.02. The maximum atomic E-state index is 14.4. The molecule has 3 heterocycles. The molecule has 2 aromatic rings. The molecule has 5 rings (SSSR count). The lowest BCUT2D eigenvalue weighted by molar-refractivity contribution is -0.143. The smallest absolute Gasteiger partial charge is 0.244 e. The molecule has 0 aromatic heterocycles. The molecule has 2 bridgehead atoms. The van der Waals surface area contributed by atoms with Crippen molar-refractivity contribution >= 4 is 29.5 Å². The number of benzene rings is 2. The fourth-order valence-electron chi connectivity index (χ4n) is 6.81. The third-order valence-corrected chi connectivity index (χ3v) is 10.6. The van der Waals surface area contributed by atoms with E-state index < -0.39 is 33.4 Å². The van der Waals surface area contributed by atoms with Gasteiger partial charge in [-0.1, -0.05) is 74.0 Å². The lowest BCUT2D eigenvalue weighted by Crippen LogP contribution is -2.54. The van der Waals surface area contributed by atoms with Crippen LogP contribution in [0.3, 0.4) is 0 Å². The zero-order valence-electron chi connectivity index (χ0n) is 22.1. The number of amides is 3. The standard InChI is InChI=1S/C30H37N3O4S/c1-3-4-17-31-27(36)25-30-16-15-29(2,38-30)23(26(35)32-18-20-11-7-5-8-12-20)24(30)28(37)33(25)22(19-34)21-13-9-6-10-14-21/h5-14,22-25,34H,3-4,15-19H2,1-2H3,(H,31,36)(H,32,35)/t22-,23-,24+,25?,29+,30?/m1/s1. The molecule has 7 nitrogen and oxygen atoms in total. The Bertz CT molecular complexity index is 1180. The van der Waals surface area contributed by atoms with E-state index in [9.17, 15) is 19.5 Å². The number of rotatable bonds is 10. The number of aliphatic hydroxyl groups excluding tert-OH is 1. The van der Waals surface area contributed by atoms with Crippen molar-refractivity contribution in [3.05, 3.63) is 71.8 Å². The van der Waals surface area contributed by atoms with Crippen molar-refractivity contribution in [2.24, 2.45) is 11.8 Å². The molecule has 3 aliphatic heterocycles. The minimum atomic E-state index is -0.757. The molecular formula is C30H37N3O4S. The zero-order valence-corrected chi connectivity index (χ0v) is 22.9. The number of nitrogens with zero attached hydrogens (tertiary/aromatic N) is 1. The molecule has 3 amide bonds. The molecule has 3 N–H and O–H groups in total. The summed E-state index contributed by atoms with van der Waals surface area (Å²) >= 11 is 1.65. The fourth-order valence-corrected chi connectivity index (χ4v) is 9.15. The second kappa shape index (κ2) is 10.7. The summed E-state index contributed by atoms with van der Waals surface area (Å²) in [4.78, 5) is 43.6. The molecular weight excluding hydrogens is 498 g/mol. The lowest BCUT2D eigenvalue weighted by Gasteiger charge is -2.37. The number of thioether (sulfide) groups is 1. The van der Waals surface area contributed by atoms with Gasteiger partial charge in [-0.3, -0.25) is 14.4 Å². The van der Waals surface area contributed by atoms with E-state index in [0.717, 1.165) is 30.4 Å². The molecule has 2 aromatic carbocycles. The van der Waals surface area contributed by atoms with Gasteiger partial charge in [0.05, 0.1) is 29.2 Å². The summed E-state index contributed by atoms with van der Waals surface area (Å²) < 4.78 is -1.14. The monoisotopic (exact) mass is 535 g/mol. The number of fused-ring (bicyclic) bond motifs is 1. The third kappa shape index (κ3) is 4.41. The molecule has 0 aliphatic carbocycles. The Kier molecular flexibility index (Phi) is 7.56. The van der Waals surface area contributed by atoms with Gasteiger partial charge >= 0.3 is 0 Å². The van der Waals surface area contributed by atoms with Gasteiger partial charge in [0.25, 0.3) is 0 Å². The summed E-state index contributed by atoms with van der Waals surface area (Å²) in [6, 6.07) is 17.7. The summed E-state index contributed by atoms with van der Waals surface area (Å²) in [5.41, 5.74) is 1.77. The van der Waals surface area contributed by atoms with Crippen LogP contribution in [0.4, 0.5) is 0 Å². The topological polar surface area (TPSA) is 98.7 Å². The number of hydrogen-bond acceptors (Lipinski definition) is 5. The number of nitrogens with one attached hydrogen (secondary N) is 2. The van der Waals surface area contributed by atoms with E-state index >= 15 is 0 Å². The van der Waals surface area contributed by atoms with E-state index in [0.29, 0.717) is 19.5 Å². The Morgan fingerprint density at radius 2 is 1.74 bits per heavy atom. The summed E-state index contributed by atoms with van der Waals surface area (Å²) in [6.07, 6.45) is 3.23. The highest BCUT2D eigenvalue weighted by atomic mass is 32.2. The lowest BCUT2D eigenvalue weighted by atomic mass is 9.66. The molecule has 38 heavy (non-hydrogen) atoms. The van der Waals surface area contributed by atoms with Crippen LogP contribution in [0.1, 0.15) is 56.7 Å². The maximum absolute atomic E-state index is 14.4. The minimum absolute atomic E-state index is 0.143. The number of hydrogen-bond donors (Lipinski definition) is 3. The van der Waals surface area contributed by atoms with E-state index in [-0.39, 0.29) is 24.3 Å². The molecule has 1 spiro atoms. The SMILES string of the molecule is CCCCNC(=O)C1N([C@H](CO)c2ccccc2)C(=O)[C@@H]2[C@H](C(=O)NCc3ccccc3)[C@]3(C)CCC12S3. The van der Waals surface area contributed by atoms with Gasteiger partial charge in [-0.05, 0) is 37.3 Å². The van der Waals surface area contributed by atoms with Gasteiger partial charge in [0.1, 0.15) is 6.04 Å². The number of aliphatic hydroxyl groups is 1. The zero-order chi connectivity index (χ0) is 26.9. The van der Waals surface area contributed by atoms with Crippen molar-refractivity contribution in [3.63, 3.8) is 0 Å². The first-order chi connectivity index (χ1) is 18.4. The van der Waals surface area contributed by atoms with Crippen LogP contribution in [-0.2, 0) is 20.9 Å². The summed E-state index contributed by atoms with van der Waals surface area (Å²) in [5.74, 6) is -1.72. The number of carbonyl (C=O) groups is 3. The molecule has 0 radical (unpaired) electrons. The molecule has 2 unspecified atom stereocenters. The first-order valence-corrected chi connectivity index (χ1v) is 14.5. The van der Waals surface area contributed by atoms with Crippen LogP contribution in [0.15, 0.2) is 60.7 Å². The third-order valence-electron chi connectivity index (χ3n) is 8.58. The van der Waals surface area contributed by atoms with Gasteiger partial charge in [-0.2, -0.15) is 0 Å². The number of carbonyl (C=O) groups excluding carboxylic acids is 3. The Hall–Kier alpha value is -2.84. The van der Waals surface area contributed by atoms with Gasteiger partial charge in [0.15, 0.2) is 0 Å². The van der Waals surface area contributed by atoms with Crippen LogP contribution in [0.5, 0.6) is 0 Å². The van der Waals surface area contributed by atoms with Crippen LogP contribution in [-0.4, -0.2) is 56.4 Å². The van der Waals surface area contributed by atoms with Crippen LogP contribution in [0.2, 0.25) is 0 Å². The van der Waals surface area contributed by atoms with E-state index in [2.05, 4.69) is 24.5 Å². The first kappa shape index (κ1) is 26.8. The van der Waals surface area contributed by atoms with Crippen molar-refractivity contribution in [2.45, 2.75) is 67.7 Å². The highest BCUT2D eigenvalue weighted by Gasteiger charge is 2.77. The van der Waals surface area contributed by atoms with Crippen molar-refractivity contribution in [2.75, 3.05) is 13.2 Å². The second-order valence-electron chi connectivity index (χ2n) is 10.9. The largest absolute Gasteiger partial charge is 0.394 e. The van der Waals surface area contributed by atoms with Gasteiger partial charge in [-0.25, -0.2) is 0 Å². The van der Waals surface area contributed by atoms with Crippen molar-refractivity contribution in [3.8, 4) is 0 Å². The molecule has 3 aliphatic rings. The van der Waals surface area contributed by atoms with E-state index in [1.54, 1.807) is 16.7 Å². The first-order valence-electron chi connectivity index (χ1n) is 13.6. The number of likely N-dealkylation sites (tertiary alicyclic amines) is 1. The molecule has 0 saturated carbocycles. The van der Waals surface area contributed by atoms with Crippen molar-refractivity contribution in [1.29, 1.82) is 0 Å². The Morgan fingerprint density at radius 3 is 2.39 bits per heavy atom. The Balaban J connectivity index is 1.51. The maximum Gasteiger partial charge on any atom is 0.244 e. The number of unbranched alkanes of at least 4 members (excludes halogenated alkanes) is 1. The van der Waals surface area contributed by atoms with Crippen LogP contribution < -0.4 is 10.6 Å².